The second kappa shape index (κ2) is 4.56. The summed E-state index contributed by atoms with van der Waals surface area (Å²) in [5.41, 5.74) is -0.0611. The minimum Gasteiger partial charge on any atom is -0.381 e. The van der Waals surface area contributed by atoms with Crippen molar-refractivity contribution in [3.8, 4) is 0 Å². The van der Waals surface area contributed by atoms with E-state index in [4.69, 9.17) is 0 Å². The lowest BCUT2D eigenvalue weighted by Gasteiger charge is -2.15. The van der Waals surface area contributed by atoms with Crippen LogP contribution in [0.15, 0.2) is 24.3 Å². The van der Waals surface area contributed by atoms with E-state index in [0.29, 0.717) is 5.69 Å². The van der Waals surface area contributed by atoms with Gasteiger partial charge < -0.3 is 10.2 Å². The van der Waals surface area contributed by atoms with Crippen LogP contribution in [-0.2, 0) is 6.18 Å². The maximum Gasteiger partial charge on any atom is 0.416 e. The van der Waals surface area contributed by atoms with Crippen molar-refractivity contribution in [2.45, 2.75) is 18.6 Å². The summed E-state index contributed by atoms with van der Waals surface area (Å²) >= 11 is 0. The normalized spacial score (nSPS) is 21.8. The Morgan fingerprint density at radius 1 is 1.35 bits per heavy atom. The minimum absolute atomic E-state index is 0.239. The molecule has 1 aromatic carbocycles. The summed E-state index contributed by atoms with van der Waals surface area (Å²) in [7, 11) is 2.01. The van der Waals surface area contributed by atoms with Gasteiger partial charge in [-0.05, 0) is 38.2 Å². The van der Waals surface area contributed by atoms with Gasteiger partial charge in [0.2, 0.25) is 0 Å². The van der Waals surface area contributed by atoms with Crippen LogP contribution in [0.4, 0.5) is 18.9 Å². The van der Waals surface area contributed by atoms with Crippen LogP contribution in [0.1, 0.15) is 12.0 Å². The fourth-order valence-corrected chi connectivity index (χ4v) is 2.07. The molecule has 1 aliphatic heterocycles. The van der Waals surface area contributed by atoms with Gasteiger partial charge in [-0.2, -0.15) is 13.2 Å². The van der Waals surface area contributed by atoms with E-state index in [9.17, 15) is 13.2 Å². The van der Waals surface area contributed by atoms with Gasteiger partial charge in [0.15, 0.2) is 0 Å². The molecule has 94 valence electrons. The van der Waals surface area contributed by atoms with E-state index in [0.717, 1.165) is 25.6 Å². The molecule has 1 N–H and O–H groups in total. The van der Waals surface area contributed by atoms with Crippen molar-refractivity contribution in [3.63, 3.8) is 0 Å². The summed E-state index contributed by atoms with van der Waals surface area (Å²) in [5.74, 6) is 0. The number of nitrogens with zero attached hydrogens (tertiary/aromatic N) is 1. The van der Waals surface area contributed by atoms with Gasteiger partial charge in [-0.25, -0.2) is 0 Å². The molecule has 0 bridgehead atoms. The predicted molar refractivity (Wildman–Crippen MR) is 61.0 cm³/mol. The van der Waals surface area contributed by atoms with Crippen LogP contribution in [0.5, 0.6) is 0 Å². The second-order valence-corrected chi connectivity index (χ2v) is 4.47. The number of likely N-dealkylation sites (N-methyl/N-ethyl adjacent to an activating group) is 1. The molecule has 1 aromatic rings. The molecule has 0 aliphatic carbocycles. The molecule has 2 rings (SSSR count). The van der Waals surface area contributed by atoms with E-state index < -0.39 is 11.7 Å². The van der Waals surface area contributed by atoms with E-state index in [2.05, 4.69) is 10.2 Å². The largest absolute Gasteiger partial charge is 0.416 e. The van der Waals surface area contributed by atoms with Crippen molar-refractivity contribution in [1.82, 2.24) is 4.90 Å². The molecule has 0 saturated carbocycles. The van der Waals surface area contributed by atoms with Gasteiger partial charge >= 0.3 is 6.18 Å². The first-order valence-electron chi connectivity index (χ1n) is 5.57. The monoisotopic (exact) mass is 244 g/mol. The maximum atomic E-state index is 12.5. The first-order chi connectivity index (χ1) is 7.95. The molecule has 0 aromatic heterocycles. The molecule has 0 amide bonds. The van der Waals surface area contributed by atoms with Crippen molar-refractivity contribution < 1.29 is 13.2 Å². The Labute approximate surface area is 98.4 Å². The number of halogens is 3. The highest BCUT2D eigenvalue weighted by molar-refractivity contribution is 5.47. The maximum absolute atomic E-state index is 12.5. The molecule has 0 radical (unpaired) electrons. The Morgan fingerprint density at radius 2 is 2.12 bits per heavy atom. The third-order valence-corrected chi connectivity index (χ3v) is 2.95. The van der Waals surface area contributed by atoms with Crippen LogP contribution in [0.25, 0.3) is 0 Å². The Kier molecular flexibility index (Phi) is 3.28. The summed E-state index contributed by atoms with van der Waals surface area (Å²) in [4.78, 5) is 2.16. The number of alkyl halides is 3. The molecule has 17 heavy (non-hydrogen) atoms. The van der Waals surface area contributed by atoms with E-state index in [1.807, 2.05) is 7.05 Å². The summed E-state index contributed by atoms with van der Waals surface area (Å²) in [6.07, 6.45) is -3.31. The van der Waals surface area contributed by atoms with Crippen molar-refractivity contribution in [2.24, 2.45) is 0 Å². The number of nitrogens with one attached hydrogen (secondary N) is 1. The van der Waals surface area contributed by atoms with Crippen molar-refractivity contribution in [2.75, 3.05) is 25.5 Å². The Bertz CT molecular complexity index is 390. The molecule has 1 aliphatic rings. The van der Waals surface area contributed by atoms with Gasteiger partial charge in [0.05, 0.1) is 5.56 Å². The standard InChI is InChI=1S/C12H15F3N2/c1-17-6-5-11(8-17)16-10-4-2-3-9(7-10)12(13,14)15/h2-4,7,11,16H,5-6,8H2,1H3. The van der Waals surface area contributed by atoms with E-state index >= 15 is 0 Å². The number of hydrogen-bond donors (Lipinski definition) is 1. The number of hydrogen-bond acceptors (Lipinski definition) is 2. The summed E-state index contributed by atoms with van der Waals surface area (Å²) in [5, 5.41) is 3.14. The van der Waals surface area contributed by atoms with Crippen molar-refractivity contribution >= 4 is 5.69 Å². The zero-order chi connectivity index (χ0) is 12.5. The lowest BCUT2D eigenvalue weighted by molar-refractivity contribution is -0.137. The Balaban J connectivity index is 2.06. The van der Waals surface area contributed by atoms with Gasteiger partial charge in [-0.15, -0.1) is 0 Å². The lowest BCUT2D eigenvalue weighted by Crippen LogP contribution is -2.23. The second-order valence-electron chi connectivity index (χ2n) is 4.47. The van der Waals surface area contributed by atoms with Crippen LogP contribution >= 0.6 is 0 Å². The molecular weight excluding hydrogens is 229 g/mol. The molecule has 1 atom stereocenters. The van der Waals surface area contributed by atoms with Crippen molar-refractivity contribution in [3.05, 3.63) is 29.8 Å². The summed E-state index contributed by atoms with van der Waals surface area (Å²) in [6, 6.07) is 5.60. The first kappa shape index (κ1) is 12.2. The third-order valence-electron chi connectivity index (χ3n) is 2.95. The van der Waals surface area contributed by atoms with Gasteiger partial charge in [0.25, 0.3) is 0 Å². The number of anilines is 1. The van der Waals surface area contributed by atoms with Crippen LogP contribution in [0, 0.1) is 0 Å². The number of likely N-dealkylation sites (tertiary alicyclic amines) is 1. The third kappa shape index (κ3) is 3.12. The quantitative estimate of drug-likeness (QED) is 0.860. The molecule has 1 saturated heterocycles. The van der Waals surface area contributed by atoms with Gasteiger partial charge in [-0.1, -0.05) is 6.07 Å². The number of benzene rings is 1. The molecule has 5 heteroatoms. The highest BCUT2D eigenvalue weighted by Crippen LogP contribution is 2.31. The molecule has 1 unspecified atom stereocenters. The van der Waals surface area contributed by atoms with Crippen molar-refractivity contribution in [1.29, 1.82) is 0 Å². The average molecular weight is 244 g/mol. The summed E-state index contributed by atoms with van der Waals surface area (Å²) < 4.78 is 37.5. The fraction of sp³-hybridized carbons (Fsp3) is 0.500. The number of rotatable bonds is 2. The minimum atomic E-state index is -4.27. The highest BCUT2D eigenvalue weighted by Gasteiger charge is 2.30. The smallest absolute Gasteiger partial charge is 0.381 e. The Morgan fingerprint density at radius 3 is 2.71 bits per heavy atom. The first-order valence-corrected chi connectivity index (χ1v) is 5.57. The van der Waals surface area contributed by atoms with Gasteiger partial charge in [0.1, 0.15) is 0 Å². The fourth-order valence-electron chi connectivity index (χ4n) is 2.07. The van der Waals surface area contributed by atoms with E-state index in [-0.39, 0.29) is 6.04 Å². The topological polar surface area (TPSA) is 15.3 Å². The Hall–Kier alpha value is -1.23. The van der Waals surface area contributed by atoms with Crippen LogP contribution in [-0.4, -0.2) is 31.1 Å². The predicted octanol–water partition coefficient (Wildman–Crippen LogP) is 2.82. The zero-order valence-corrected chi connectivity index (χ0v) is 9.59. The highest BCUT2D eigenvalue weighted by atomic mass is 19.4. The van der Waals surface area contributed by atoms with E-state index in [1.54, 1.807) is 6.07 Å². The molecule has 1 fully saturated rings. The van der Waals surface area contributed by atoms with Crippen LogP contribution in [0.2, 0.25) is 0 Å². The van der Waals surface area contributed by atoms with Crippen LogP contribution < -0.4 is 5.32 Å². The molecule has 0 spiro atoms. The van der Waals surface area contributed by atoms with Gasteiger partial charge in [-0.3, -0.25) is 0 Å². The zero-order valence-electron chi connectivity index (χ0n) is 9.59. The van der Waals surface area contributed by atoms with Gasteiger partial charge in [0, 0.05) is 18.3 Å². The van der Waals surface area contributed by atoms with Crippen LogP contribution in [0.3, 0.4) is 0 Å². The lowest BCUT2D eigenvalue weighted by atomic mass is 10.1. The average Bonchev–Trinajstić information content (AvgIpc) is 2.63. The van der Waals surface area contributed by atoms with E-state index in [1.165, 1.54) is 12.1 Å². The molecular formula is C12H15F3N2. The summed E-state index contributed by atoms with van der Waals surface area (Å²) in [6.45, 7) is 1.85. The molecule has 2 nitrogen and oxygen atoms in total. The SMILES string of the molecule is CN1CCC(Nc2cccc(C(F)(F)F)c2)C1. The molecule has 1 heterocycles.